The van der Waals surface area contributed by atoms with Gasteiger partial charge in [0, 0.05) is 37.3 Å². The number of benzene rings is 1. The number of rotatable bonds is 3. The zero-order valence-electron chi connectivity index (χ0n) is 12.1. The molecule has 0 amide bonds. The van der Waals surface area contributed by atoms with Gasteiger partial charge in [-0.25, -0.2) is 13.2 Å². The Morgan fingerprint density at radius 2 is 1.85 bits per heavy atom. The fourth-order valence-corrected chi connectivity index (χ4v) is 2.77. The van der Waals surface area contributed by atoms with E-state index in [-0.39, 0.29) is 23.7 Å². The lowest BCUT2D eigenvalue weighted by atomic mass is 9.96. The summed E-state index contributed by atoms with van der Waals surface area (Å²) >= 11 is 0. The number of halogens is 3. The lowest BCUT2D eigenvalue weighted by Gasteiger charge is -2.43. The Kier molecular flexibility index (Phi) is 4.58. The molecular formula is C15H21F3N2. The molecule has 2 atom stereocenters. The topological polar surface area (TPSA) is 15.3 Å². The fourth-order valence-electron chi connectivity index (χ4n) is 2.77. The number of piperazine rings is 1. The first-order valence-electron chi connectivity index (χ1n) is 7.08. The summed E-state index contributed by atoms with van der Waals surface area (Å²) in [5.41, 5.74) is -0.106. The van der Waals surface area contributed by atoms with Crippen molar-refractivity contribution < 1.29 is 13.2 Å². The van der Waals surface area contributed by atoms with Crippen molar-refractivity contribution >= 4 is 5.69 Å². The van der Waals surface area contributed by atoms with Crippen LogP contribution in [0.1, 0.15) is 27.2 Å². The Labute approximate surface area is 118 Å². The van der Waals surface area contributed by atoms with Gasteiger partial charge in [-0.3, -0.25) is 0 Å². The normalized spacial score (nSPS) is 23.4. The van der Waals surface area contributed by atoms with Crippen LogP contribution in [0.2, 0.25) is 0 Å². The molecule has 1 aliphatic heterocycles. The van der Waals surface area contributed by atoms with E-state index in [0.717, 1.165) is 18.6 Å². The van der Waals surface area contributed by atoms with Crippen LogP contribution in [0.25, 0.3) is 0 Å². The first-order chi connectivity index (χ1) is 9.43. The predicted molar refractivity (Wildman–Crippen MR) is 74.4 cm³/mol. The minimum absolute atomic E-state index is 0.00717. The van der Waals surface area contributed by atoms with Crippen LogP contribution >= 0.6 is 0 Å². The Morgan fingerprint density at radius 1 is 1.25 bits per heavy atom. The van der Waals surface area contributed by atoms with Gasteiger partial charge >= 0.3 is 0 Å². The maximum atomic E-state index is 14.0. The molecule has 1 saturated heterocycles. The molecular weight excluding hydrogens is 265 g/mol. The molecule has 0 radical (unpaired) electrons. The molecule has 0 spiro atoms. The van der Waals surface area contributed by atoms with Crippen LogP contribution in [0, 0.1) is 23.4 Å². The van der Waals surface area contributed by atoms with E-state index in [2.05, 4.69) is 5.32 Å². The van der Waals surface area contributed by atoms with Gasteiger partial charge in [-0.15, -0.1) is 0 Å². The molecule has 2 rings (SSSR count). The van der Waals surface area contributed by atoms with Gasteiger partial charge in [-0.1, -0.05) is 20.8 Å². The smallest absolute Gasteiger partial charge is 0.152 e. The predicted octanol–water partition coefficient (Wildman–Crippen LogP) is 3.32. The van der Waals surface area contributed by atoms with E-state index in [1.807, 2.05) is 20.8 Å². The molecule has 1 aromatic carbocycles. The van der Waals surface area contributed by atoms with Crippen LogP contribution in [0.4, 0.5) is 18.9 Å². The fraction of sp³-hybridized carbons (Fsp3) is 0.600. The van der Waals surface area contributed by atoms with Crippen LogP contribution in [0.5, 0.6) is 0 Å². The van der Waals surface area contributed by atoms with Gasteiger partial charge in [0.15, 0.2) is 11.6 Å². The van der Waals surface area contributed by atoms with Gasteiger partial charge in [0.05, 0.1) is 0 Å². The lowest BCUT2D eigenvalue weighted by Crippen LogP contribution is -2.58. The Hall–Kier alpha value is -1.23. The molecule has 112 valence electrons. The van der Waals surface area contributed by atoms with E-state index < -0.39 is 17.5 Å². The third-order valence-corrected chi connectivity index (χ3v) is 3.96. The quantitative estimate of drug-likeness (QED) is 0.917. The summed E-state index contributed by atoms with van der Waals surface area (Å²) in [7, 11) is 0. The minimum Gasteiger partial charge on any atom is -0.361 e. The first-order valence-corrected chi connectivity index (χ1v) is 7.08. The van der Waals surface area contributed by atoms with Crippen LogP contribution in [0.3, 0.4) is 0 Å². The molecule has 20 heavy (non-hydrogen) atoms. The molecule has 0 aliphatic carbocycles. The molecule has 1 aliphatic rings. The molecule has 2 nitrogen and oxygen atoms in total. The van der Waals surface area contributed by atoms with Crippen molar-refractivity contribution in [3.8, 4) is 0 Å². The molecule has 5 heteroatoms. The third kappa shape index (κ3) is 2.92. The highest BCUT2D eigenvalue weighted by atomic mass is 19.1. The van der Waals surface area contributed by atoms with Crippen molar-refractivity contribution in [2.75, 3.05) is 18.0 Å². The minimum atomic E-state index is -0.882. The Bertz CT molecular complexity index is 453. The van der Waals surface area contributed by atoms with Gasteiger partial charge in [0.25, 0.3) is 0 Å². The van der Waals surface area contributed by atoms with Crippen LogP contribution in [0.15, 0.2) is 12.1 Å². The highest BCUT2D eigenvalue weighted by Gasteiger charge is 2.32. The maximum Gasteiger partial charge on any atom is 0.152 e. The van der Waals surface area contributed by atoms with Crippen molar-refractivity contribution in [3.63, 3.8) is 0 Å². The summed E-state index contributed by atoms with van der Waals surface area (Å²) in [5.74, 6) is -2.30. The van der Waals surface area contributed by atoms with Gasteiger partial charge < -0.3 is 10.2 Å². The molecule has 0 saturated carbocycles. The number of anilines is 1. The highest BCUT2D eigenvalue weighted by molar-refractivity contribution is 5.51. The maximum absolute atomic E-state index is 14.0. The average Bonchev–Trinajstić information content (AvgIpc) is 2.37. The van der Waals surface area contributed by atoms with E-state index in [0.29, 0.717) is 13.1 Å². The number of hydrogen-bond acceptors (Lipinski definition) is 2. The molecule has 1 fully saturated rings. The van der Waals surface area contributed by atoms with Gasteiger partial charge in [-0.2, -0.15) is 0 Å². The second-order valence-corrected chi connectivity index (χ2v) is 5.70. The Balaban J connectivity index is 2.40. The summed E-state index contributed by atoms with van der Waals surface area (Å²) in [6.45, 7) is 7.27. The van der Waals surface area contributed by atoms with Crippen molar-refractivity contribution in [2.45, 2.75) is 39.3 Å². The molecule has 2 unspecified atom stereocenters. The van der Waals surface area contributed by atoms with Crippen molar-refractivity contribution in [2.24, 2.45) is 5.92 Å². The highest BCUT2D eigenvalue weighted by Crippen LogP contribution is 2.30. The van der Waals surface area contributed by atoms with Crippen LogP contribution in [-0.4, -0.2) is 25.2 Å². The van der Waals surface area contributed by atoms with Crippen molar-refractivity contribution in [3.05, 3.63) is 29.6 Å². The lowest BCUT2D eigenvalue weighted by molar-refractivity contribution is 0.327. The molecule has 0 bridgehead atoms. The largest absolute Gasteiger partial charge is 0.361 e. The zero-order chi connectivity index (χ0) is 14.9. The van der Waals surface area contributed by atoms with Gasteiger partial charge in [-0.05, 0) is 12.3 Å². The summed E-state index contributed by atoms with van der Waals surface area (Å²) in [6, 6.07) is 1.68. The van der Waals surface area contributed by atoms with Crippen LogP contribution < -0.4 is 10.2 Å². The Morgan fingerprint density at radius 3 is 2.35 bits per heavy atom. The molecule has 0 aromatic heterocycles. The monoisotopic (exact) mass is 286 g/mol. The second-order valence-electron chi connectivity index (χ2n) is 5.70. The van der Waals surface area contributed by atoms with E-state index in [1.54, 1.807) is 4.90 Å². The van der Waals surface area contributed by atoms with E-state index in [4.69, 9.17) is 0 Å². The van der Waals surface area contributed by atoms with E-state index >= 15 is 0 Å². The second kappa shape index (κ2) is 6.04. The van der Waals surface area contributed by atoms with E-state index in [1.165, 1.54) is 0 Å². The standard InChI is InChI=1S/C15H21F3N2/c1-4-11-8-20(14(7-19-11)9(2)3)15-12(17)5-10(16)6-13(15)18/h5-6,9,11,14,19H,4,7-8H2,1-3H3. The summed E-state index contributed by atoms with van der Waals surface area (Å²) in [5, 5.41) is 3.39. The average molecular weight is 286 g/mol. The summed E-state index contributed by atoms with van der Waals surface area (Å²) in [4.78, 5) is 1.75. The molecule has 1 N–H and O–H groups in total. The number of hydrogen-bond donors (Lipinski definition) is 1. The first kappa shape index (κ1) is 15.2. The van der Waals surface area contributed by atoms with Crippen LogP contribution in [-0.2, 0) is 0 Å². The van der Waals surface area contributed by atoms with Gasteiger partial charge in [0.1, 0.15) is 11.5 Å². The number of nitrogens with zero attached hydrogens (tertiary/aromatic N) is 1. The number of nitrogens with one attached hydrogen (secondary N) is 1. The zero-order valence-corrected chi connectivity index (χ0v) is 12.1. The van der Waals surface area contributed by atoms with Crippen molar-refractivity contribution in [1.82, 2.24) is 5.32 Å². The molecule has 1 heterocycles. The van der Waals surface area contributed by atoms with E-state index in [9.17, 15) is 13.2 Å². The van der Waals surface area contributed by atoms with Crippen molar-refractivity contribution in [1.29, 1.82) is 0 Å². The molecule has 1 aromatic rings. The SMILES string of the molecule is CCC1CN(c2c(F)cc(F)cc2F)C(C(C)C)CN1. The summed E-state index contributed by atoms with van der Waals surface area (Å²) < 4.78 is 41.1. The third-order valence-electron chi connectivity index (χ3n) is 3.96. The summed E-state index contributed by atoms with van der Waals surface area (Å²) in [6.07, 6.45) is 0.881. The van der Waals surface area contributed by atoms with Gasteiger partial charge in [0.2, 0.25) is 0 Å².